The van der Waals surface area contributed by atoms with Crippen molar-refractivity contribution in [1.29, 1.82) is 0 Å². The molecular formula is C41H79N3O7. The molecule has 0 aromatic heterocycles. The van der Waals surface area contributed by atoms with E-state index in [1.807, 2.05) is 0 Å². The molecule has 51 heavy (non-hydrogen) atoms. The molecule has 0 aliphatic rings. The van der Waals surface area contributed by atoms with Gasteiger partial charge >= 0.3 is 17.9 Å². The first-order valence-corrected chi connectivity index (χ1v) is 21.1. The minimum Gasteiger partial charge on any atom is -0.481 e. The molecule has 5 N–H and O–H groups in total. The number of unbranched alkanes of at least 4 members (excludes halogenated alkanes) is 23. The van der Waals surface area contributed by atoms with Crippen LogP contribution in [0.2, 0.25) is 0 Å². The minimum atomic E-state index is -0.704. The van der Waals surface area contributed by atoms with Crippen LogP contribution in [0, 0.1) is 0 Å². The maximum atomic E-state index is 13.0. The molecule has 10 nitrogen and oxygen atoms in total. The van der Waals surface area contributed by atoms with Crippen LogP contribution in [0.3, 0.4) is 0 Å². The third-order valence-electron chi connectivity index (χ3n) is 9.60. The number of amides is 1. The molecule has 0 heterocycles. The van der Waals surface area contributed by atoms with Crippen molar-refractivity contribution in [3.63, 3.8) is 0 Å². The summed E-state index contributed by atoms with van der Waals surface area (Å²) >= 11 is 0. The number of carboxylic acid groups (broad SMARTS) is 1. The first-order valence-electron chi connectivity index (χ1n) is 21.1. The topological polar surface area (TPSA) is 162 Å². The Bertz CT molecular complexity index is 842. The van der Waals surface area contributed by atoms with Gasteiger partial charge in [-0.1, -0.05) is 148 Å². The summed E-state index contributed by atoms with van der Waals surface area (Å²) in [6.45, 7) is 3.30. The number of carbonyl (C=O) groups is 4. The molecule has 0 aliphatic heterocycles. The Labute approximate surface area is 311 Å². The van der Waals surface area contributed by atoms with E-state index in [9.17, 15) is 19.2 Å². The number of esters is 2. The summed E-state index contributed by atoms with van der Waals surface area (Å²) in [6, 6.07) is -0.693. The molecule has 0 saturated carbocycles. The highest BCUT2D eigenvalue weighted by atomic mass is 16.5. The molecule has 1 atom stereocenters. The van der Waals surface area contributed by atoms with E-state index in [-0.39, 0.29) is 50.6 Å². The number of ether oxygens (including phenoxy) is 2. The lowest BCUT2D eigenvalue weighted by molar-refractivity contribution is -0.148. The molecular weight excluding hydrogens is 646 g/mol. The van der Waals surface area contributed by atoms with E-state index in [0.717, 1.165) is 57.8 Å². The van der Waals surface area contributed by atoms with Gasteiger partial charge in [0, 0.05) is 19.3 Å². The zero-order valence-corrected chi connectivity index (χ0v) is 32.8. The average molecular weight is 726 g/mol. The van der Waals surface area contributed by atoms with Crippen LogP contribution >= 0.6 is 0 Å². The summed E-state index contributed by atoms with van der Waals surface area (Å²) in [5.41, 5.74) is 11.7. The minimum absolute atomic E-state index is 0.0840. The summed E-state index contributed by atoms with van der Waals surface area (Å²) in [4.78, 5) is 49.7. The third kappa shape index (κ3) is 34.6. The van der Waals surface area contributed by atoms with Crippen molar-refractivity contribution in [3.8, 4) is 0 Å². The van der Waals surface area contributed by atoms with Crippen LogP contribution < -0.4 is 11.5 Å². The lowest BCUT2D eigenvalue weighted by atomic mass is 10.0. The molecule has 0 bridgehead atoms. The SMILES string of the molecule is CCCCCCCCCCCCCCCC(=O)OCCN(CCOC(=O)CCCCCCCCCCCCCCC(=O)O)C(=O)[C@@H](N)CCCN. The summed E-state index contributed by atoms with van der Waals surface area (Å²) in [5, 5.41) is 8.67. The Balaban J connectivity index is 4.06. The summed E-state index contributed by atoms with van der Waals surface area (Å²) in [6.07, 6.45) is 31.4. The Morgan fingerprint density at radius 3 is 1.20 bits per heavy atom. The molecule has 300 valence electrons. The van der Waals surface area contributed by atoms with Gasteiger partial charge in [0.15, 0.2) is 0 Å². The number of nitrogens with two attached hydrogens (primary N) is 2. The predicted molar refractivity (Wildman–Crippen MR) is 207 cm³/mol. The van der Waals surface area contributed by atoms with E-state index in [1.54, 1.807) is 0 Å². The predicted octanol–water partition coefficient (Wildman–Crippen LogP) is 8.99. The van der Waals surface area contributed by atoms with Gasteiger partial charge in [-0.3, -0.25) is 19.2 Å². The van der Waals surface area contributed by atoms with Crippen LogP contribution in [0.5, 0.6) is 0 Å². The van der Waals surface area contributed by atoms with E-state index in [0.29, 0.717) is 32.2 Å². The average Bonchev–Trinajstić information content (AvgIpc) is 3.11. The third-order valence-corrected chi connectivity index (χ3v) is 9.60. The largest absolute Gasteiger partial charge is 0.481 e. The molecule has 10 heteroatoms. The molecule has 0 aliphatic carbocycles. The second-order valence-electron chi connectivity index (χ2n) is 14.4. The Hall–Kier alpha value is -2.20. The van der Waals surface area contributed by atoms with Crippen molar-refractivity contribution >= 4 is 23.8 Å². The van der Waals surface area contributed by atoms with Gasteiger partial charge in [0.1, 0.15) is 13.2 Å². The van der Waals surface area contributed by atoms with Crippen LogP contribution in [-0.2, 0) is 28.7 Å². The lowest BCUT2D eigenvalue weighted by Gasteiger charge is -2.25. The zero-order valence-electron chi connectivity index (χ0n) is 32.8. The van der Waals surface area contributed by atoms with Crippen molar-refractivity contribution < 1.29 is 33.8 Å². The fraction of sp³-hybridized carbons (Fsp3) is 0.902. The second kappa shape index (κ2) is 37.6. The van der Waals surface area contributed by atoms with E-state index in [1.165, 1.54) is 108 Å². The maximum Gasteiger partial charge on any atom is 0.305 e. The summed E-state index contributed by atoms with van der Waals surface area (Å²) in [5.74, 6) is -1.46. The van der Waals surface area contributed by atoms with Crippen LogP contribution in [0.25, 0.3) is 0 Å². The maximum absolute atomic E-state index is 13.0. The monoisotopic (exact) mass is 726 g/mol. The van der Waals surface area contributed by atoms with Gasteiger partial charge in [0.2, 0.25) is 5.91 Å². The normalized spacial score (nSPS) is 11.7. The van der Waals surface area contributed by atoms with Crippen LogP contribution in [-0.4, -0.2) is 72.7 Å². The van der Waals surface area contributed by atoms with Gasteiger partial charge in [0.05, 0.1) is 19.1 Å². The lowest BCUT2D eigenvalue weighted by Crippen LogP contribution is -2.46. The van der Waals surface area contributed by atoms with Crippen molar-refractivity contribution in [2.75, 3.05) is 32.8 Å². The van der Waals surface area contributed by atoms with Gasteiger partial charge in [-0.2, -0.15) is 0 Å². The van der Waals surface area contributed by atoms with Crippen LogP contribution in [0.4, 0.5) is 0 Å². The Morgan fingerprint density at radius 2 is 0.863 bits per heavy atom. The first-order chi connectivity index (χ1) is 24.8. The standard InChI is InChI=1S/C41H79N3O7/c1-2-3-4-5-6-7-8-9-13-16-19-22-25-30-39(47)50-35-33-44(41(49)37(43)28-27-32-42)34-36-51-40(48)31-26-23-20-17-14-11-10-12-15-18-21-24-29-38(45)46/h37H,2-36,42-43H2,1H3,(H,45,46)/t37-/m0/s1. The number of hydrogen-bond acceptors (Lipinski definition) is 8. The molecule has 0 spiro atoms. The van der Waals surface area contributed by atoms with Crippen molar-refractivity contribution in [1.82, 2.24) is 4.90 Å². The molecule has 0 radical (unpaired) electrons. The smallest absolute Gasteiger partial charge is 0.305 e. The van der Waals surface area contributed by atoms with Gasteiger partial charge in [-0.25, -0.2) is 0 Å². The van der Waals surface area contributed by atoms with Crippen molar-refractivity contribution in [2.45, 2.75) is 206 Å². The second-order valence-corrected chi connectivity index (χ2v) is 14.4. The van der Waals surface area contributed by atoms with Crippen molar-refractivity contribution in [3.05, 3.63) is 0 Å². The van der Waals surface area contributed by atoms with Gasteiger partial charge < -0.3 is 30.9 Å². The zero-order chi connectivity index (χ0) is 37.6. The number of hydrogen-bond donors (Lipinski definition) is 3. The fourth-order valence-electron chi connectivity index (χ4n) is 6.31. The highest BCUT2D eigenvalue weighted by Crippen LogP contribution is 2.15. The molecule has 0 fully saturated rings. The number of nitrogens with zero attached hydrogens (tertiary/aromatic N) is 1. The molecule has 1 amide bonds. The molecule has 0 aromatic carbocycles. The summed E-state index contributed by atoms with van der Waals surface area (Å²) < 4.78 is 10.9. The number of carbonyl (C=O) groups excluding carboxylic acids is 3. The summed E-state index contributed by atoms with van der Waals surface area (Å²) in [7, 11) is 0. The highest BCUT2D eigenvalue weighted by molar-refractivity contribution is 5.81. The van der Waals surface area contributed by atoms with Gasteiger partial charge in [-0.15, -0.1) is 0 Å². The van der Waals surface area contributed by atoms with Crippen LogP contribution in [0.1, 0.15) is 200 Å². The Morgan fingerprint density at radius 1 is 0.529 bits per heavy atom. The number of aliphatic carboxylic acids is 1. The van der Waals surface area contributed by atoms with Crippen LogP contribution in [0.15, 0.2) is 0 Å². The molecule has 0 saturated heterocycles. The number of rotatable bonds is 39. The van der Waals surface area contributed by atoms with Gasteiger partial charge in [-0.05, 0) is 38.6 Å². The molecule has 0 unspecified atom stereocenters. The quantitative estimate of drug-likeness (QED) is 0.0415. The molecule has 0 aromatic rings. The highest BCUT2D eigenvalue weighted by Gasteiger charge is 2.21. The first kappa shape index (κ1) is 48.8. The van der Waals surface area contributed by atoms with E-state index >= 15 is 0 Å². The van der Waals surface area contributed by atoms with Gasteiger partial charge in [0.25, 0.3) is 0 Å². The Kier molecular flexibility index (Phi) is 35.9. The fourth-order valence-corrected chi connectivity index (χ4v) is 6.31. The van der Waals surface area contributed by atoms with E-state index < -0.39 is 12.0 Å². The van der Waals surface area contributed by atoms with Crippen molar-refractivity contribution in [2.24, 2.45) is 11.5 Å². The molecule has 0 rings (SSSR count). The number of carboxylic acids is 1. The van der Waals surface area contributed by atoms with E-state index in [4.69, 9.17) is 26.0 Å². The van der Waals surface area contributed by atoms with E-state index in [2.05, 4.69) is 6.92 Å².